The van der Waals surface area contributed by atoms with Crippen molar-refractivity contribution >= 4 is 15.2 Å². The number of Topliss-reactive ketones (excluding diaryl/α,β-unsaturated/α-hetero) is 1. The highest BCUT2D eigenvalue weighted by molar-refractivity contribution is 7.09. The van der Waals surface area contributed by atoms with Crippen LogP contribution in [0.5, 0.6) is 0 Å². The molecule has 0 spiro atoms. The fourth-order valence-corrected chi connectivity index (χ4v) is 1.79. The topological polar surface area (TPSA) is 26.3 Å². The summed E-state index contributed by atoms with van der Waals surface area (Å²) in [5, 5.41) is 0. The molecule has 1 rings (SSSR count). The Bertz CT molecular complexity index is 223. The van der Waals surface area contributed by atoms with Crippen LogP contribution in [0.2, 0.25) is 0 Å². The normalized spacial score (nSPS) is 36.5. The Kier molecular flexibility index (Phi) is 3.03. The highest BCUT2D eigenvalue weighted by Gasteiger charge is 2.31. The van der Waals surface area contributed by atoms with Gasteiger partial charge in [-0.3, -0.25) is 4.79 Å². The Hall–Kier alpha value is -0.200. The summed E-state index contributed by atoms with van der Waals surface area (Å²) in [6.07, 6.45) is 1.90. The first-order valence-electron chi connectivity index (χ1n) is 4.13. The predicted octanol–water partition coefficient (Wildman–Crippen LogP) is 2.23. The molecule has 0 saturated carbocycles. The largest absolute Gasteiger partial charge is 0.348 e. The molecule has 0 amide bonds. The van der Waals surface area contributed by atoms with Crippen molar-refractivity contribution in [3.05, 3.63) is 11.6 Å². The van der Waals surface area contributed by atoms with Crippen molar-refractivity contribution < 1.29 is 9.32 Å². The molecule has 0 heterocycles. The van der Waals surface area contributed by atoms with Gasteiger partial charge in [0.15, 0.2) is 5.78 Å². The van der Waals surface area contributed by atoms with E-state index in [1.165, 1.54) is 0 Å². The van der Waals surface area contributed by atoms with Crippen molar-refractivity contribution in [2.24, 2.45) is 11.8 Å². The van der Waals surface area contributed by atoms with E-state index < -0.39 is 0 Å². The number of carbonyl (C=O) groups excluding carboxylic acids is 1. The fourth-order valence-electron chi connectivity index (χ4n) is 1.50. The fraction of sp³-hybridized carbons (Fsp3) is 0.667. The van der Waals surface area contributed by atoms with Gasteiger partial charge in [0.1, 0.15) is 0 Å². The molecule has 0 aromatic heterocycles. The highest BCUT2D eigenvalue weighted by atomic mass is 31.0. The van der Waals surface area contributed by atoms with Gasteiger partial charge in [0, 0.05) is 5.92 Å². The number of hydrogen-bond acceptors (Lipinski definition) is 2. The zero-order valence-electron chi connectivity index (χ0n) is 7.63. The lowest BCUT2D eigenvalue weighted by Crippen LogP contribution is -2.33. The highest BCUT2D eigenvalue weighted by Crippen LogP contribution is 2.29. The van der Waals surface area contributed by atoms with E-state index in [4.69, 9.17) is 4.52 Å². The third kappa shape index (κ3) is 1.60. The second kappa shape index (κ2) is 3.68. The van der Waals surface area contributed by atoms with Crippen molar-refractivity contribution in [3.63, 3.8) is 0 Å². The van der Waals surface area contributed by atoms with Gasteiger partial charge in [-0.15, -0.1) is 0 Å². The zero-order chi connectivity index (χ0) is 9.30. The van der Waals surface area contributed by atoms with E-state index >= 15 is 0 Å². The van der Waals surface area contributed by atoms with Crippen LogP contribution in [-0.2, 0) is 9.32 Å². The van der Waals surface area contributed by atoms with Crippen LogP contribution in [0.15, 0.2) is 11.6 Å². The molecule has 0 aliphatic heterocycles. The van der Waals surface area contributed by atoms with Crippen LogP contribution < -0.4 is 0 Å². The molecule has 3 unspecified atom stereocenters. The van der Waals surface area contributed by atoms with Gasteiger partial charge in [0.05, 0.1) is 15.6 Å². The first kappa shape index (κ1) is 9.88. The van der Waals surface area contributed by atoms with Gasteiger partial charge in [-0.05, 0) is 24.5 Å². The number of ketones is 1. The van der Waals surface area contributed by atoms with E-state index in [1.54, 1.807) is 0 Å². The van der Waals surface area contributed by atoms with Crippen LogP contribution in [0.4, 0.5) is 0 Å². The van der Waals surface area contributed by atoms with Gasteiger partial charge in [0.25, 0.3) is 0 Å². The Balaban J connectivity index is 2.90. The van der Waals surface area contributed by atoms with E-state index in [-0.39, 0.29) is 23.7 Å². The summed E-state index contributed by atoms with van der Waals surface area (Å²) < 4.78 is 5.07. The Morgan fingerprint density at radius 2 is 2.08 bits per heavy atom. The van der Waals surface area contributed by atoms with Crippen LogP contribution in [0, 0.1) is 11.8 Å². The zero-order valence-corrected chi connectivity index (χ0v) is 8.63. The van der Waals surface area contributed by atoms with Crippen molar-refractivity contribution in [1.82, 2.24) is 0 Å². The molecular formula is C9H14O2P. The van der Waals surface area contributed by atoms with Gasteiger partial charge >= 0.3 is 0 Å². The summed E-state index contributed by atoms with van der Waals surface area (Å²) in [6, 6.07) is 0. The van der Waals surface area contributed by atoms with E-state index in [9.17, 15) is 4.79 Å². The third-order valence-electron chi connectivity index (χ3n) is 2.66. The van der Waals surface area contributed by atoms with Crippen molar-refractivity contribution in [3.8, 4) is 0 Å². The molecule has 0 N–H and O–H groups in total. The Morgan fingerprint density at radius 3 is 2.58 bits per heavy atom. The number of allylic oxidation sites excluding steroid dienone is 1. The molecule has 0 saturated heterocycles. The predicted molar refractivity (Wildman–Crippen MR) is 50.3 cm³/mol. The average molecular weight is 185 g/mol. The minimum atomic E-state index is 0.0226. The van der Waals surface area contributed by atoms with Crippen LogP contribution in [0.25, 0.3) is 0 Å². The SMILES string of the molecule is CC1=CC(O[PH])C(C)C(C)C1=O. The van der Waals surface area contributed by atoms with Crippen LogP contribution in [-0.4, -0.2) is 11.9 Å². The summed E-state index contributed by atoms with van der Waals surface area (Å²) >= 11 is 0. The lowest BCUT2D eigenvalue weighted by atomic mass is 9.80. The quantitative estimate of drug-likeness (QED) is 0.585. The first-order chi connectivity index (χ1) is 5.57. The summed E-state index contributed by atoms with van der Waals surface area (Å²) in [4.78, 5) is 11.5. The van der Waals surface area contributed by atoms with E-state index in [2.05, 4.69) is 9.47 Å². The number of hydrogen-bond donors (Lipinski definition) is 0. The minimum Gasteiger partial charge on any atom is -0.348 e. The van der Waals surface area contributed by atoms with Gasteiger partial charge in [-0.1, -0.05) is 13.8 Å². The molecular weight excluding hydrogens is 171 g/mol. The Morgan fingerprint density at radius 1 is 1.50 bits per heavy atom. The summed E-state index contributed by atoms with van der Waals surface area (Å²) in [5.74, 6) is 0.553. The molecule has 0 fully saturated rings. The van der Waals surface area contributed by atoms with E-state index in [0.29, 0.717) is 0 Å². The molecule has 0 bridgehead atoms. The molecule has 12 heavy (non-hydrogen) atoms. The maximum Gasteiger partial charge on any atom is 0.161 e. The summed E-state index contributed by atoms with van der Waals surface area (Å²) in [5.41, 5.74) is 0.809. The maximum atomic E-state index is 11.5. The molecule has 0 aromatic rings. The van der Waals surface area contributed by atoms with Crippen molar-refractivity contribution in [1.29, 1.82) is 0 Å². The van der Waals surface area contributed by atoms with E-state index in [1.807, 2.05) is 26.8 Å². The molecule has 3 heteroatoms. The molecule has 1 radical (unpaired) electrons. The summed E-state index contributed by atoms with van der Waals surface area (Å²) in [6.45, 7) is 5.81. The number of carbonyl (C=O) groups is 1. The average Bonchev–Trinajstić information content (AvgIpc) is 2.08. The van der Waals surface area contributed by atoms with Crippen molar-refractivity contribution in [2.45, 2.75) is 26.9 Å². The van der Waals surface area contributed by atoms with Crippen LogP contribution >= 0.6 is 9.47 Å². The monoisotopic (exact) mass is 185 g/mol. The molecule has 67 valence electrons. The Labute approximate surface area is 75.7 Å². The third-order valence-corrected chi connectivity index (χ3v) is 2.93. The first-order valence-corrected chi connectivity index (χ1v) is 4.53. The molecule has 2 nitrogen and oxygen atoms in total. The maximum absolute atomic E-state index is 11.5. The van der Waals surface area contributed by atoms with Gasteiger partial charge in [-0.2, -0.15) is 0 Å². The molecule has 3 atom stereocenters. The summed E-state index contributed by atoms with van der Waals surface area (Å²) in [7, 11) is 3.02. The van der Waals surface area contributed by atoms with Crippen LogP contribution in [0.1, 0.15) is 20.8 Å². The second-order valence-corrected chi connectivity index (χ2v) is 3.68. The molecule has 0 aromatic carbocycles. The molecule has 1 aliphatic rings. The standard InChI is InChI=1S/C9H14O2P/c1-5-4-8(11-12)6(2)7(3)9(5)10/h4,6-8,12H,1-3H3. The smallest absolute Gasteiger partial charge is 0.161 e. The van der Waals surface area contributed by atoms with Crippen molar-refractivity contribution in [2.75, 3.05) is 0 Å². The van der Waals surface area contributed by atoms with Gasteiger partial charge in [0.2, 0.25) is 0 Å². The second-order valence-electron chi connectivity index (χ2n) is 3.44. The number of rotatable bonds is 1. The van der Waals surface area contributed by atoms with Gasteiger partial charge in [-0.25, -0.2) is 0 Å². The lowest BCUT2D eigenvalue weighted by molar-refractivity contribution is -0.121. The van der Waals surface area contributed by atoms with Crippen LogP contribution in [0.3, 0.4) is 0 Å². The van der Waals surface area contributed by atoms with E-state index in [0.717, 1.165) is 5.57 Å². The molecule has 1 aliphatic carbocycles. The lowest BCUT2D eigenvalue weighted by Gasteiger charge is -2.29. The minimum absolute atomic E-state index is 0.0226. The van der Waals surface area contributed by atoms with Gasteiger partial charge < -0.3 is 4.52 Å².